The summed E-state index contributed by atoms with van der Waals surface area (Å²) in [5, 5.41) is 3.39. The van der Waals surface area contributed by atoms with E-state index in [4.69, 9.17) is 9.97 Å². The van der Waals surface area contributed by atoms with Gasteiger partial charge in [0.15, 0.2) is 0 Å². The molecule has 0 spiro atoms. The molecule has 42 heavy (non-hydrogen) atoms. The predicted octanol–water partition coefficient (Wildman–Crippen LogP) is 10.2. The Hall–Kier alpha value is -5.54. The molecule has 0 aliphatic rings. The Labute approximate surface area is 245 Å². The Kier molecular flexibility index (Phi) is 6.54. The van der Waals surface area contributed by atoms with Crippen LogP contribution in [0.3, 0.4) is 0 Å². The molecular formula is C39H29N3. The fourth-order valence-corrected chi connectivity index (χ4v) is 5.65. The third-order valence-electron chi connectivity index (χ3n) is 7.78. The van der Waals surface area contributed by atoms with Crippen LogP contribution in [0.4, 0.5) is 0 Å². The third kappa shape index (κ3) is 4.51. The van der Waals surface area contributed by atoms with Crippen molar-refractivity contribution < 1.29 is 0 Å². The van der Waals surface area contributed by atoms with Gasteiger partial charge in [0.1, 0.15) is 0 Å². The maximum Gasteiger partial charge on any atom is 0.235 e. The summed E-state index contributed by atoms with van der Waals surface area (Å²) in [4.78, 5) is 10.4. The first kappa shape index (κ1) is 25.4. The molecule has 0 saturated heterocycles. The van der Waals surface area contributed by atoms with Gasteiger partial charge >= 0.3 is 0 Å². The molecule has 0 N–H and O–H groups in total. The summed E-state index contributed by atoms with van der Waals surface area (Å²) in [6.07, 6.45) is 7.82. The van der Waals surface area contributed by atoms with Crippen LogP contribution in [-0.2, 0) is 0 Å². The molecule has 200 valence electrons. The van der Waals surface area contributed by atoms with E-state index in [0.717, 1.165) is 38.8 Å². The molecule has 0 radical (unpaired) electrons. The zero-order valence-corrected chi connectivity index (χ0v) is 23.4. The SMILES string of the molecule is C=C/C=C\C=C(/C)c1ccc(-c2nc(-n3c4ccccc4c4ccc(-c5ccccc5)cc43)nc3ccccc23)cc1. The summed E-state index contributed by atoms with van der Waals surface area (Å²) in [6, 6.07) is 42.6. The zero-order chi connectivity index (χ0) is 28.5. The van der Waals surface area contributed by atoms with Crippen LogP contribution in [0, 0.1) is 0 Å². The van der Waals surface area contributed by atoms with Crippen molar-refractivity contribution in [1.82, 2.24) is 14.5 Å². The van der Waals surface area contributed by atoms with Crippen molar-refractivity contribution >= 4 is 38.3 Å². The van der Waals surface area contributed by atoms with E-state index in [-0.39, 0.29) is 0 Å². The van der Waals surface area contributed by atoms with E-state index in [0.29, 0.717) is 5.95 Å². The lowest BCUT2D eigenvalue weighted by molar-refractivity contribution is 1.01. The van der Waals surface area contributed by atoms with Gasteiger partial charge in [-0.15, -0.1) is 0 Å². The molecule has 0 aliphatic heterocycles. The van der Waals surface area contributed by atoms with E-state index in [1.165, 1.54) is 27.5 Å². The third-order valence-corrected chi connectivity index (χ3v) is 7.78. The van der Waals surface area contributed by atoms with Crippen LogP contribution >= 0.6 is 0 Å². The van der Waals surface area contributed by atoms with Crippen molar-refractivity contribution in [2.45, 2.75) is 6.92 Å². The van der Waals surface area contributed by atoms with Crippen molar-refractivity contribution in [3.05, 3.63) is 158 Å². The molecule has 3 nitrogen and oxygen atoms in total. The lowest BCUT2D eigenvalue weighted by atomic mass is 10.0. The Balaban J connectivity index is 1.44. The van der Waals surface area contributed by atoms with Crippen molar-refractivity contribution in [2.24, 2.45) is 0 Å². The molecular weight excluding hydrogens is 510 g/mol. The number of fused-ring (bicyclic) bond motifs is 4. The average Bonchev–Trinajstić information content (AvgIpc) is 3.38. The Morgan fingerprint density at radius 1 is 0.619 bits per heavy atom. The minimum Gasteiger partial charge on any atom is -0.278 e. The zero-order valence-electron chi connectivity index (χ0n) is 23.4. The van der Waals surface area contributed by atoms with Gasteiger partial charge in [0.05, 0.1) is 22.2 Å². The Morgan fingerprint density at radius 2 is 1.31 bits per heavy atom. The van der Waals surface area contributed by atoms with E-state index >= 15 is 0 Å². The highest BCUT2D eigenvalue weighted by Crippen LogP contribution is 2.35. The fourth-order valence-electron chi connectivity index (χ4n) is 5.65. The number of aromatic nitrogens is 3. The maximum atomic E-state index is 5.27. The van der Waals surface area contributed by atoms with Crippen LogP contribution in [0.1, 0.15) is 12.5 Å². The summed E-state index contributed by atoms with van der Waals surface area (Å²) < 4.78 is 2.21. The number of nitrogens with zero attached hydrogens (tertiary/aromatic N) is 3. The van der Waals surface area contributed by atoms with Crippen molar-refractivity contribution in [3.63, 3.8) is 0 Å². The second-order valence-corrected chi connectivity index (χ2v) is 10.4. The van der Waals surface area contributed by atoms with Gasteiger partial charge in [-0.2, -0.15) is 0 Å². The first-order valence-electron chi connectivity index (χ1n) is 14.1. The molecule has 0 bridgehead atoms. The number of allylic oxidation sites excluding steroid dienone is 5. The molecule has 0 saturated carbocycles. The van der Waals surface area contributed by atoms with Crippen LogP contribution < -0.4 is 0 Å². The molecule has 3 heteroatoms. The van der Waals surface area contributed by atoms with Crippen LogP contribution in [0.5, 0.6) is 0 Å². The standard InChI is InChI=1S/C39H29N3/c1-3-4-6-13-27(2)28-20-22-30(23-21-28)38-34-17-9-11-18-35(34)40-39(41-38)42-36-19-12-10-16-32(36)33-25-24-31(26-37(33)42)29-14-7-5-8-15-29/h3-26H,1H2,2H3/b6-4-,27-13+. The largest absolute Gasteiger partial charge is 0.278 e. The summed E-state index contributed by atoms with van der Waals surface area (Å²) in [6.45, 7) is 5.87. The molecule has 7 rings (SSSR count). The van der Waals surface area contributed by atoms with E-state index in [2.05, 4.69) is 133 Å². The highest BCUT2D eigenvalue weighted by molar-refractivity contribution is 6.10. The number of hydrogen-bond donors (Lipinski definition) is 0. The van der Waals surface area contributed by atoms with Gasteiger partial charge in [0.25, 0.3) is 0 Å². The van der Waals surface area contributed by atoms with Crippen molar-refractivity contribution in [1.29, 1.82) is 0 Å². The Morgan fingerprint density at radius 3 is 2.12 bits per heavy atom. The summed E-state index contributed by atoms with van der Waals surface area (Å²) in [5.74, 6) is 0.662. The number of rotatable bonds is 6. The summed E-state index contributed by atoms with van der Waals surface area (Å²) in [7, 11) is 0. The molecule has 2 aromatic heterocycles. The van der Waals surface area contributed by atoms with Crippen LogP contribution in [-0.4, -0.2) is 14.5 Å². The van der Waals surface area contributed by atoms with E-state index in [9.17, 15) is 0 Å². The minimum absolute atomic E-state index is 0.662. The highest BCUT2D eigenvalue weighted by atomic mass is 15.2. The Bertz CT molecular complexity index is 2150. The van der Waals surface area contributed by atoms with Gasteiger partial charge in [-0.1, -0.05) is 134 Å². The summed E-state index contributed by atoms with van der Waals surface area (Å²) in [5.41, 5.74) is 9.76. The lowest BCUT2D eigenvalue weighted by Crippen LogP contribution is -2.03. The normalized spacial score (nSPS) is 12.1. The number of benzene rings is 5. The first-order chi connectivity index (χ1) is 20.7. The summed E-state index contributed by atoms with van der Waals surface area (Å²) >= 11 is 0. The molecule has 7 aromatic rings. The molecule has 2 heterocycles. The molecule has 0 amide bonds. The van der Waals surface area contributed by atoms with Crippen LogP contribution in [0.2, 0.25) is 0 Å². The van der Waals surface area contributed by atoms with E-state index < -0.39 is 0 Å². The lowest BCUT2D eigenvalue weighted by Gasteiger charge is -2.12. The number of hydrogen-bond acceptors (Lipinski definition) is 2. The van der Waals surface area contributed by atoms with Crippen LogP contribution in [0.25, 0.3) is 66.6 Å². The smallest absolute Gasteiger partial charge is 0.235 e. The second kappa shape index (κ2) is 10.8. The van der Waals surface area contributed by atoms with Gasteiger partial charge in [-0.3, -0.25) is 4.57 Å². The highest BCUT2D eigenvalue weighted by Gasteiger charge is 2.17. The molecule has 0 fully saturated rings. The molecule has 0 unspecified atom stereocenters. The van der Waals surface area contributed by atoms with Gasteiger partial charge in [-0.25, -0.2) is 9.97 Å². The molecule has 0 aliphatic carbocycles. The predicted molar refractivity (Wildman–Crippen MR) is 178 cm³/mol. The molecule has 0 atom stereocenters. The topological polar surface area (TPSA) is 30.7 Å². The van der Waals surface area contributed by atoms with Crippen molar-refractivity contribution in [3.8, 4) is 28.3 Å². The quantitative estimate of drug-likeness (QED) is 0.197. The van der Waals surface area contributed by atoms with Gasteiger partial charge in [-0.05, 0) is 47.4 Å². The maximum absolute atomic E-state index is 5.27. The van der Waals surface area contributed by atoms with Gasteiger partial charge in [0, 0.05) is 21.7 Å². The van der Waals surface area contributed by atoms with Gasteiger partial charge < -0.3 is 0 Å². The minimum atomic E-state index is 0.662. The first-order valence-corrected chi connectivity index (χ1v) is 14.1. The average molecular weight is 540 g/mol. The van der Waals surface area contributed by atoms with E-state index in [1.807, 2.05) is 24.3 Å². The van der Waals surface area contributed by atoms with Crippen molar-refractivity contribution in [2.75, 3.05) is 0 Å². The fraction of sp³-hybridized carbons (Fsp3) is 0.0256. The second-order valence-electron chi connectivity index (χ2n) is 10.4. The monoisotopic (exact) mass is 539 g/mol. The van der Waals surface area contributed by atoms with Gasteiger partial charge in [0.2, 0.25) is 5.95 Å². The van der Waals surface area contributed by atoms with E-state index in [1.54, 1.807) is 6.08 Å². The number of para-hydroxylation sites is 2. The van der Waals surface area contributed by atoms with Crippen LogP contribution in [0.15, 0.2) is 152 Å². The molecule has 5 aromatic carbocycles.